The van der Waals surface area contributed by atoms with Gasteiger partial charge in [-0.1, -0.05) is 60.5 Å². The van der Waals surface area contributed by atoms with Crippen LogP contribution in [0.25, 0.3) is 0 Å². The lowest BCUT2D eigenvalue weighted by molar-refractivity contribution is -0.129. The van der Waals surface area contributed by atoms with Gasteiger partial charge in [-0.2, -0.15) is 0 Å². The van der Waals surface area contributed by atoms with Crippen molar-refractivity contribution in [1.29, 1.82) is 0 Å². The first-order valence-electron chi connectivity index (χ1n) is 13.8. The molecule has 42 heavy (non-hydrogen) atoms. The number of hydrogen-bond acceptors (Lipinski definition) is 7. The van der Waals surface area contributed by atoms with E-state index < -0.39 is 29.8 Å². The first kappa shape index (κ1) is 30.5. The molecule has 0 radical (unpaired) electrons. The van der Waals surface area contributed by atoms with Crippen LogP contribution in [-0.2, 0) is 33.9 Å². The molecule has 0 saturated heterocycles. The Bertz CT molecular complexity index is 1400. The molecule has 2 aromatic carbocycles. The molecule has 0 spiro atoms. The van der Waals surface area contributed by atoms with Crippen LogP contribution in [0.4, 0.5) is 0 Å². The van der Waals surface area contributed by atoms with E-state index in [9.17, 15) is 19.2 Å². The number of ether oxygens (including phenoxy) is 1. The lowest BCUT2D eigenvalue weighted by Crippen LogP contribution is -2.49. The van der Waals surface area contributed by atoms with Crippen molar-refractivity contribution in [2.24, 2.45) is 0 Å². The van der Waals surface area contributed by atoms with E-state index in [2.05, 4.69) is 31.6 Å². The number of carbonyl (C=O) groups excluding carboxylic acids is 4. The van der Waals surface area contributed by atoms with Crippen LogP contribution in [0, 0.1) is 0 Å². The lowest BCUT2D eigenvalue weighted by atomic mass is 10.0. The summed E-state index contributed by atoms with van der Waals surface area (Å²) in [5, 5.41) is 19.6. The van der Waals surface area contributed by atoms with Crippen molar-refractivity contribution in [2.45, 2.75) is 57.8 Å². The summed E-state index contributed by atoms with van der Waals surface area (Å²) in [4.78, 5) is 52.1. The molecule has 0 aliphatic carbocycles. The molecule has 13 heteroatoms. The second-order valence-electron chi connectivity index (χ2n) is 9.85. The van der Waals surface area contributed by atoms with Crippen molar-refractivity contribution < 1.29 is 23.9 Å². The molecule has 4 amide bonds. The molecular weight excluding hydrogens is 562 g/mol. The summed E-state index contributed by atoms with van der Waals surface area (Å²) >= 11 is 6.16. The van der Waals surface area contributed by atoms with Gasteiger partial charge in [-0.25, -0.2) is 4.68 Å². The number of fused-ring (bicyclic) bond motifs is 3. The largest absolute Gasteiger partial charge is 0.491 e. The van der Waals surface area contributed by atoms with Crippen molar-refractivity contribution in [3.63, 3.8) is 0 Å². The topological polar surface area (TPSA) is 156 Å². The maximum atomic E-state index is 13.2. The number of halogens is 1. The molecule has 2 bridgehead atoms. The summed E-state index contributed by atoms with van der Waals surface area (Å²) in [7, 11) is 0. The van der Waals surface area contributed by atoms with Gasteiger partial charge in [-0.05, 0) is 30.2 Å². The zero-order chi connectivity index (χ0) is 29.9. The molecule has 222 valence electrons. The van der Waals surface area contributed by atoms with Crippen LogP contribution in [-0.4, -0.2) is 63.9 Å². The highest BCUT2D eigenvalue weighted by Crippen LogP contribution is 2.23. The fourth-order valence-electron chi connectivity index (χ4n) is 4.43. The predicted molar refractivity (Wildman–Crippen MR) is 155 cm³/mol. The minimum absolute atomic E-state index is 0.0229. The van der Waals surface area contributed by atoms with Gasteiger partial charge in [0.05, 0.1) is 24.8 Å². The van der Waals surface area contributed by atoms with E-state index in [1.807, 2.05) is 37.3 Å². The Morgan fingerprint density at radius 1 is 1.00 bits per heavy atom. The molecular formula is C29H34ClN7O5. The molecule has 2 atom stereocenters. The van der Waals surface area contributed by atoms with Crippen LogP contribution in [0.15, 0.2) is 54.7 Å². The van der Waals surface area contributed by atoms with Crippen LogP contribution in [0.5, 0.6) is 5.75 Å². The molecule has 4 rings (SSSR count). The zero-order valence-electron chi connectivity index (χ0n) is 23.3. The van der Waals surface area contributed by atoms with Gasteiger partial charge in [0.15, 0.2) is 0 Å². The Labute approximate surface area is 248 Å². The molecule has 2 heterocycles. The molecule has 4 N–H and O–H groups in total. The number of nitrogens with one attached hydrogen (secondary N) is 4. The summed E-state index contributed by atoms with van der Waals surface area (Å²) in [6, 6.07) is 12.3. The Hall–Kier alpha value is -4.45. The predicted octanol–water partition coefficient (Wildman–Crippen LogP) is 1.77. The number of rotatable bonds is 4. The number of nitrogens with zero attached hydrogens (tertiary/aromatic N) is 3. The van der Waals surface area contributed by atoms with Crippen LogP contribution in [0.1, 0.15) is 47.8 Å². The third kappa shape index (κ3) is 8.77. The molecule has 3 aromatic rings. The first-order valence-corrected chi connectivity index (χ1v) is 14.2. The lowest BCUT2D eigenvalue weighted by Gasteiger charge is -2.20. The van der Waals surface area contributed by atoms with E-state index >= 15 is 0 Å². The van der Waals surface area contributed by atoms with E-state index in [1.165, 1.54) is 6.07 Å². The monoisotopic (exact) mass is 595 g/mol. The van der Waals surface area contributed by atoms with E-state index in [1.54, 1.807) is 23.0 Å². The summed E-state index contributed by atoms with van der Waals surface area (Å²) in [5.41, 5.74) is 1.59. The van der Waals surface area contributed by atoms with E-state index in [0.29, 0.717) is 35.9 Å². The first-order chi connectivity index (χ1) is 20.3. The van der Waals surface area contributed by atoms with Gasteiger partial charge in [-0.3, -0.25) is 19.2 Å². The average molecular weight is 596 g/mol. The van der Waals surface area contributed by atoms with Gasteiger partial charge in [0.1, 0.15) is 30.1 Å². The molecule has 0 saturated carbocycles. The van der Waals surface area contributed by atoms with Crippen molar-refractivity contribution in [3.05, 3.63) is 76.6 Å². The van der Waals surface area contributed by atoms with E-state index in [4.69, 9.17) is 16.3 Å². The standard InChI is InChI=1S/C29H34ClN7O5/c1-2-6-23-28(40)31-12-11-26(38)33-24(15-19-7-4-3-5-8-19)29(41)32-17-21-18-37(36-35-21)13-14-42-25-10-9-20(30)16-22(25)27(39)34-23/h3-5,7-10,16,18,23-24H,2,6,11-15,17H2,1H3,(H,31,40)(H,32,41)(H,33,38)(H,34,39)/t23-,24-/m0/s1. The van der Waals surface area contributed by atoms with Crippen molar-refractivity contribution in [1.82, 2.24) is 36.3 Å². The molecule has 1 aromatic heterocycles. The van der Waals surface area contributed by atoms with Gasteiger partial charge in [0, 0.05) is 24.4 Å². The Morgan fingerprint density at radius 3 is 2.57 bits per heavy atom. The summed E-state index contributed by atoms with van der Waals surface area (Å²) < 4.78 is 7.44. The van der Waals surface area contributed by atoms with Gasteiger partial charge >= 0.3 is 0 Å². The molecule has 0 unspecified atom stereocenters. The summed E-state index contributed by atoms with van der Waals surface area (Å²) in [6.07, 6.45) is 2.92. The van der Waals surface area contributed by atoms with Crippen molar-refractivity contribution >= 4 is 35.2 Å². The Kier molecular flexibility index (Phi) is 10.9. The fraction of sp³-hybridized carbons (Fsp3) is 0.379. The highest BCUT2D eigenvalue weighted by Gasteiger charge is 2.24. The number of benzene rings is 2. The van der Waals surface area contributed by atoms with E-state index in [-0.39, 0.29) is 44.0 Å². The molecule has 0 fully saturated rings. The second-order valence-corrected chi connectivity index (χ2v) is 10.3. The van der Waals surface area contributed by atoms with Crippen LogP contribution >= 0.6 is 11.6 Å². The maximum absolute atomic E-state index is 13.2. The minimum atomic E-state index is -0.842. The summed E-state index contributed by atoms with van der Waals surface area (Å²) in [5.74, 6) is -1.41. The quantitative estimate of drug-likeness (QED) is 0.358. The van der Waals surface area contributed by atoms with Gasteiger partial charge in [0.25, 0.3) is 5.91 Å². The van der Waals surface area contributed by atoms with Gasteiger partial charge < -0.3 is 26.0 Å². The van der Waals surface area contributed by atoms with Crippen LogP contribution in [0.3, 0.4) is 0 Å². The molecule has 12 nitrogen and oxygen atoms in total. The van der Waals surface area contributed by atoms with Crippen LogP contribution in [0.2, 0.25) is 5.02 Å². The third-order valence-electron chi connectivity index (χ3n) is 6.58. The Morgan fingerprint density at radius 2 is 1.79 bits per heavy atom. The fourth-order valence-corrected chi connectivity index (χ4v) is 4.60. The number of amides is 4. The van der Waals surface area contributed by atoms with Crippen molar-refractivity contribution in [3.8, 4) is 5.75 Å². The Balaban J connectivity index is 1.54. The number of hydrogen-bond donors (Lipinski definition) is 4. The van der Waals surface area contributed by atoms with Gasteiger partial charge in [-0.15, -0.1) is 5.10 Å². The van der Waals surface area contributed by atoms with E-state index in [0.717, 1.165) is 5.56 Å². The smallest absolute Gasteiger partial charge is 0.255 e. The van der Waals surface area contributed by atoms with Crippen LogP contribution < -0.4 is 26.0 Å². The second kappa shape index (κ2) is 15.0. The SMILES string of the molecule is CCC[C@@H]1NC(=O)c2cc(Cl)ccc2OCCn2cc(nn2)CNC(=O)[C@H](Cc2ccccc2)NC(=O)CCNC1=O. The highest BCUT2D eigenvalue weighted by atomic mass is 35.5. The molecule has 1 aliphatic rings. The summed E-state index contributed by atoms with van der Waals surface area (Å²) in [6.45, 7) is 2.51. The minimum Gasteiger partial charge on any atom is -0.491 e. The zero-order valence-corrected chi connectivity index (χ0v) is 24.0. The maximum Gasteiger partial charge on any atom is 0.255 e. The normalized spacial score (nSPS) is 19.2. The number of carbonyl (C=O) groups is 4. The molecule has 1 aliphatic heterocycles. The average Bonchev–Trinajstić information content (AvgIpc) is 3.43. The van der Waals surface area contributed by atoms with Gasteiger partial charge in [0.2, 0.25) is 17.7 Å². The highest BCUT2D eigenvalue weighted by molar-refractivity contribution is 6.31. The number of aromatic nitrogens is 3. The van der Waals surface area contributed by atoms with Crippen molar-refractivity contribution in [2.75, 3.05) is 13.2 Å². The third-order valence-corrected chi connectivity index (χ3v) is 6.81.